The molecule has 134 valence electrons. The Balaban J connectivity index is 2.16. The molecule has 2 aromatic rings. The number of amides is 1. The van der Waals surface area contributed by atoms with Gasteiger partial charge in [-0.1, -0.05) is 57.2 Å². The van der Waals surface area contributed by atoms with Crippen LogP contribution >= 0.6 is 0 Å². The Labute approximate surface area is 153 Å². The second kappa shape index (κ2) is 6.79. The van der Waals surface area contributed by atoms with Crippen LogP contribution < -0.4 is 10.1 Å². The van der Waals surface area contributed by atoms with E-state index in [1.165, 1.54) is 6.92 Å². The van der Waals surface area contributed by atoms with Gasteiger partial charge in [-0.3, -0.25) is 9.59 Å². The molecular weight excluding hydrogens is 326 g/mol. The number of Topliss-reactive ketones (excluding diaryl/α,β-unsaturated/α-hetero) is 1. The smallest absolute Gasteiger partial charge is 0.221 e. The highest BCUT2D eigenvalue weighted by atomic mass is 16.5. The summed E-state index contributed by atoms with van der Waals surface area (Å²) in [6.07, 6.45) is 0. The Morgan fingerprint density at radius 1 is 1.04 bits per heavy atom. The van der Waals surface area contributed by atoms with Gasteiger partial charge in [-0.25, -0.2) is 0 Å². The zero-order valence-electron chi connectivity index (χ0n) is 15.6. The summed E-state index contributed by atoms with van der Waals surface area (Å²) in [6.45, 7) is 7.94. The van der Waals surface area contributed by atoms with Crippen LogP contribution in [0.3, 0.4) is 0 Å². The molecule has 0 atom stereocenters. The first kappa shape index (κ1) is 17.9. The Morgan fingerprint density at radius 2 is 1.73 bits per heavy atom. The van der Waals surface area contributed by atoms with Gasteiger partial charge < -0.3 is 10.1 Å². The number of hydrogen-bond acceptors (Lipinski definition) is 3. The molecule has 0 radical (unpaired) electrons. The first-order valence-corrected chi connectivity index (χ1v) is 8.65. The average molecular weight is 349 g/mol. The van der Waals surface area contributed by atoms with E-state index in [0.29, 0.717) is 22.6 Å². The van der Waals surface area contributed by atoms with E-state index >= 15 is 0 Å². The SMILES string of the molecule is CC(=O)NC1=C(C(=O)c2ccccc2)COc2ccc(C(C)(C)C)cc21. The number of rotatable bonds is 3. The van der Waals surface area contributed by atoms with Crippen molar-refractivity contribution in [3.8, 4) is 5.75 Å². The second-order valence-corrected chi connectivity index (χ2v) is 7.48. The zero-order valence-corrected chi connectivity index (χ0v) is 15.6. The number of ether oxygens (including phenoxy) is 1. The van der Waals surface area contributed by atoms with E-state index in [0.717, 1.165) is 11.1 Å². The van der Waals surface area contributed by atoms with Crippen molar-refractivity contribution in [3.63, 3.8) is 0 Å². The minimum atomic E-state index is -0.215. The summed E-state index contributed by atoms with van der Waals surface area (Å²) in [6, 6.07) is 15.0. The molecule has 0 saturated heterocycles. The van der Waals surface area contributed by atoms with Gasteiger partial charge in [0.2, 0.25) is 5.91 Å². The monoisotopic (exact) mass is 349 g/mol. The number of fused-ring (bicyclic) bond motifs is 1. The van der Waals surface area contributed by atoms with Crippen molar-refractivity contribution in [2.75, 3.05) is 6.61 Å². The van der Waals surface area contributed by atoms with Crippen molar-refractivity contribution in [3.05, 3.63) is 70.8 Å². The molecule has 3 rings (SSSR count). The van der Waals surface area contributed by atoms with Gasteiger partial charge in [0.1, 0.15) is 12.4 Å². The second-order valence-electron chi connectivity index (χ2n) is 7.48. The van der Waals surface area contributed by atoms with E-state index in [1.54, 1.807) is 12.1 Å². The largest absolute Gasteiger partial charge is 0.488 e. The van der Waals surface area contributed by atoms with Crippen LogP contribution in [0.2, 0.25) is 0 Å². The topological polar surface area (TPSA) is 55.4 Å². The van der Waals surface area contributed by atoms with Gasteiger partial charge in [0.25, 0.3) is 0 Å². The summed E-state index contributed by atoms with van der Waals surface area (Å²) < 4.78 is 5.83. The van der Waals surface area contributed by atoms with Crippen molar-refractivity contribution >= 4 is 17.4 Å². The summed E-state index contributed by atoms with van der Waals surface area (Å²) in [5.74, 6) is 0.319. The van der Waals surface area contributed by atoms with Gasteiger partial charge in [-0.15, -0.1) is 0 Å². The molecule has 2 aromatic carbocycles. The first-order chi connectivity index (χ1) is 12.3. The van der Waals surface area contributed by atoms with E-state index in [2.05, 4.69) is 26.1 Å². The van der Waals surface area contributed by atoms with Gasteiger partial charge in [0, 0.05) is 18.1 Å². The Hall–Kier alpha value is -2.88. The summed E-state index contributed by atoms with van der Waals surface area (Å²) in [4.78, 5) is 24.8. The fourth-order valence-electron chi connectivity index (χ4n) is 2.96. The molecular formula is C22H23NO3. The standard InChI is InChI=1S/C22H23NO3/c1-14(24)23-20-17-12-16(22(2,3)4)10-11-19(17)26-13-18(20)21(25)15-8-6-5-7-9-15/h5-12H,13H2,1-4H3,(H,23,24). The molecule has 0 aromatic heterocycles. The molecule has 0 aliphatic carbocycles. The highest BCUT2D eigenvalue weighted by molar-refractivity contribution is 6.14. The molecule has 0 bridgehead atoms. The summed E-state index contributed by atoms with van der Waals surface area (Å²) >= 11 is 0. The van der Waals surface area contributed by atoms with Gasteiger partial charge in [-0.05, 0) is 23.1 Å². The molecule has 1 aliphatic heterocycles. The molecule has 1 heterocycles. The fraction of sp³-hybridized carbons (Fsp3) is 0.273. The molecule has 0 fully saturated rings. The zero-order chi connectivity index (χ0) is 18.9. The lowest BCUT2D eigenvalue weighted by Gasteiger charge is -2.27. The summed E-state index contributed by atoms with van der Waals surface area (Å²) in [7, 11) is 0. The van der Waals surface area contributed by atoms with E-state index in [1.807, 2.05) is 36.4 Å². The van der Waals surface area contributed by atoms with Crippen molar-refractivity contribution in [1.82, 2.24) is 5.32 Å². The molecule has 26 heavy (non-hydrogen) atoms. The molecule has 0 unspecified atom stereocenters. The molecule has 4 heteroatoms. The van der Waals surface area contributed by atoms with Gasteiger partial charge in [0.05, 0.1) is 11.3 Å². The third-order valence-corrected chi connectivity index (χ3v) is 4.40. The van der Waals surface area contributed by atoms with E-state index < -0.39 is 0 Å². The maximum atomic E-state index is 13.0. The Kier molecular flexibility index (Phi) is 4.68. The van der Waals surface area contributed by atoms with Crippen molar-refractivity contribution in [1.29, 1.82) is 0 Å². The maximum Gasteiger partial charge on any atom is 0.221 e. The van der Waals surface area contributed by atoms with Crippen LogP contribution in [-0.4, -0.2) is 18.3 Å². The van der Waals surface area contributed by atoms with Gasteiger partial charge in [0.15, 0.2) is 5.78 Å². The fourth-order valence-corrected chi connectivity index (χ4v) is 2.96. The third-order valence-electron chi connectivity index (χ3n) is 4.40. The highest BCUT2D eigenvalue weighted by Gasteiger charge is 2.28. The quantitative estimate of drug-likeness (QED) is 0.849. The minimum absolute atomic E-state index is 0.0581. The van der Waals surface area contributed by atoms with Crippen molar-refractivity contribution < 1.29 is 14.3 Å². The van der Waals surface area contributed by atoms with Crippen molar-refractivity contribution in [2.45, 2.75) is 33.1 Å². The van der Waals surface area contributed by atoms with E-state index in [-0.39, 0.29) is 23.7 Å². The number of carbonyl (C=O) groups excluding carboxylic acids is 2. The van der Waals surface area contributed by atoms with Crippen LogP contribution in [0.4, 0.5) is 0 Å². The number of ketones is 1. The lowest BCUT2D eigenvalue weighted by Crippen LogP contribution is -2.28. The molecule has 1 N–H and O–H groups in total. The molecule has 0 saturated carbocycles. The Morgan fingerprint density at radius 3 is 2.35 bits per heavy atom. The average Bonchev–Trinajstić information content (AvgIpc) is 2.60. The predicted molar refractivity (Wildman–Crippen MR) is 102 cm³/mol. The Bertz CT molecular complexity index is 889. The number of hydrogen-bond donors (Lipinski definition) is 1. The van der Waals surface area contributed by atoms with E-state index in [4.69, 9.17) is 4.74 Å². The van der Waals surface area contributed by atoms with Crippen LogP contribution in [0.25, 0.3) is 5.70 Å². The lowest BCUT2D eigenvalue weighted by atomic mass is 9.84. The number of carbonyl (C=O) groups is 2. The lowest BCUT2D eigenvalue weighted by molar-refractivity contribution is -0.117. The summed E-state index contributed by atoms with van der Waals surface area (Å²) in [5, 5.41) is 2.86. The van der Waals surface area contributed by atoms with E-state index in [9.17, 15) is 9.59 Å². The van der Waals surface area contributed by atoms with Crippen molar-refractivity contribution in [2.24, 2.45) is 0 Å². The predicted octanol–water partition coefficient (Wildman–Crippen LogP) is 4.11. The van der Waals surface area contributed by atoms with Crippen LogP contribution in [0, 0.1) is 0 Å². The third kappa shape index (κ3) is 3.54. The molecule has 4 nitrogen and oxygen atoms in total. The molecule has 0 spiro atoms. The normalized spacial score (nSPS) is 13.7. The van der Waals surface area contributed by atoms with Gasteiger partial charge in [-0.2, -0.15) is 0 Å². The van der Waals surface area contributed by atoms with Crippen LogP contribution in [-0.2, 0) is 10.2 Å². The highest BCUT2D eigenvalue weighted by Crippen LogP contribution is 2.36. The summed E-state index contributed by atoms with van der Waals surface area (Å²) in [5.41, 5.74) is 3.37. The van der Waals surface area contributed by atoms with Crippen LogP contribution in [0.1, 0.15) is 49.2 Å². The van der Waals surface area contributed by atoms with Crippen LogP contribution in [0.15, 0.2) is 54.1 Å². The van der Waals surface area contributed by atoms with Gasteiger partial charge >= 0.3 is 0 Å². The minimum Gasteiger partial charge on any atom is -0.488 e. The number of nitrogens with one attached hydrogen (secondary N) is 1. The molecule has 1 aliphatic rings. The van der Waals surface area contributed by atoms with Crippen LogP contribution in [0.5, 0.6) is 5.75 Å². The first-order valence-electron chi connectivity index (χ1n) is 8.65. The maximum absolute atomic E-state index is 13.0. The number of benzene rings is 2. The molecule has 1 amide bonds.